The van der Waals surface area contributed by atoms with Crippen LogP contribution in [-0.4, -0.2) is 13.7 Å². The molecule has 1 aromatic rings. The van der Waals surface area contributed by atoms with Gasteiger partial charge in [0.2, 0.25) is 0 Å². The summed E-state index contributed by atoms with van der Waals surface area (Å²) in [5.74, 6) is 0.620. The summed E-state index contributed by atoms with van der Waals surface area (Å²) in [6, 6.07) is 5.05. The maximum absolute atomic E-state index is 13.7. The lowest BCUT2D eigenvalue weighted by molar-refractivity contribution is 0.229. The Balaban J connectivity index is 2.74. The van der Waals surface area contributed by atoms with Crippen molar-refractivity contribution in [1.82, 2.24) is 5.32 Å². The van der Waals surface area contributed by atoms with Gasteiger partial charge in [0.1, 0.15) is 0 Å². The Morgan fingerprint density at radius 1 is 1.29 bits per heavy atom. The smallest absolute Gasteiger partial charge is 0.165 e. The third-order valence-electron chi connectivity index (χ3n) is 3.03. The molecule has 0 heterocycles. The van der Waals surface area contributed by atoms with Gasteiger partial charge < -0.3 is 10.1 Å². The van der Waals surface area contributed by atoms with Gasteiger partial charge in [0.05, 0.1) is 6.61 Å². The molecule has 0 saturated heterocycles. The fraction of sp³-hybridized carbons (Fsp3) is 0.571. The lowest BCUT2D eigenvalue weighted by Crippen LogP contribution is -2.14. The summed E-state index contributed by atoms with van der Waals surface area (Å²) in [7, 11) is 1.84. The summed E-state index contributed by atoms with van der Waals surface area (Å²) in [6.07, 6.45) is 2.12. The van der Waals surface area contributed by atoms with Crippen molar-refractivity contribution in [2.75, 3.05) is 13.7 Å². The molecule has 1 aromatic carbocycles. The SMILES string of the molecule is CCC(CC)COc1c(F)cccc1CNC. The maximum atomic E-state index is 13.7. The number of halogens is 1. The molecular weight excluding hydrogens is 217 g/mol. The Morgan fingerprint density at radius 2 is 2.00 bits per heavy atom. The van der Waals surface area contributed by atoms with Crippen molar-refractivity contribution in [1.29, 1.82) is 0 Å². The molecule has 3 heteroatoms. The summed E-state index contributed by atoms with van der Waals surface area (Å²) in [4.78, 5) is 0. The van der Waals surface area contributed by atoms with Gasteiger partial charge in [0.15, 0.2) is 11.6 Å². The van der Waals surface area contributed by atoms with E-state index < -0.39 is 0 Å². The molecule has 0 saturated carbocycles. The van der Waals surface area contributed by atoms with Gasteiger partial charge >= 0.3 is 0 Å². The summed E-state index contributed by atoms with van der Waals surface area (Å²) >= 11 is 0. The topological polar surface area (TPSA) is 21.3 Å². The third-order valence-corrected chi connectivity index (χ3v) is 3.03. The highest BCUT2D eigenvalue weighted by atomic mass is 19.1. The number of rotatable bonds is 7. The van der Waals surface area contributed by atoms with E-state index >= 15 is 0 Å². The van der Waals surface area contributed by atoms with Crippen LogP contribution in [0.3, 0.4) is 0 Å². The second-order valence-corrected chi connectivity index (χ2v) is 4.25. The number of benzene rings is 1. The van der Waals surface area contributed by atoms with Crippen molar-refractivity contribution in [3.63, 3.8) is 0 Å². The fourth-order valence-electron chi connectivity index (χ4n) is 1.77. The van der Waals surface area contributed by atoms with Crippen LogP contribution in [0.25, 0.3) is 0 Å². The normalized spacial score (nSPS) is 10.9. The molecule has 0 aliphatic carbocycles. The zero-order chi connectivity index (χ0) is 12.7. The van der Waals surface area contributed by atoms with E-state index in [1.165, 1.54) is 6.07 Å². The number of hydrogen-bond acceptors (Lipinski definition) is 2. The highest BCUT2D eigenvalue weighted by Gasteiger charge is 2.11. The number of para-hydroxylation sites is 1. The third kappa shape index (κ3) is 4.00. The van der Waals surface area contributed by atoms with E-state index in [0.717, 1.165) is 18.4 Å². The molecular formula is C14H22FNO. The average Bonchev–Trinajstić information content (AvgIpc) is 2.33. The summed E-state index contributed by atoms with van der Waals surface area (Å²) < 4.78 is 19.3. The first-order valence-electron chi connectivity index (χ1n) is 6.27. The van der Waals surface area contributed by atoms with Crippen LogP contribution in [0.5, 0.6) is 5.75 Å². The number of nitrogens with one attached hydrogen (secondary N) is 1. The van der Waals surface area contributed by atoms with Crippen LogP contribution < -0.4 is 10.1 Å². The Hall–Kier alpha value is -1.09. The van der Waals surface area contributed by atoms with E-state index in [2.05, 4.69) is 19.2 Å². The lowest BCUT2D eigenvalue weighted by Gasteiger charge is -2.16. The molecule has 0 atom stereocenters. The first-order chi connectivity index (χ1) is 8.22. The molecule has 0 bridgehead atoms. The van der Waals surface area contributed by atoms with Crippen LogP contribution in [0, 0.1) is 11.7 Å². The molecule has 0 spiro atoms. The summed E-state index contributed by atoms with van der Waals surface area (Å²) in [6.45, 7) is 5.47. The molecule has 2 nitrogen and oxygen atoms in total. The van der Waals surface area contributed by atoms with Gasteiger partial charge in [0, 0.05) is 12.1 Å². The molecule has 17 heavy (non-hydrogen) atoms. The Labute approximate surface area is 103 Å². The highest BCUT2D eigenvalue weighted by Crippen LogP contribution is 2.23. The Kier molecular flexibility index (Phi) is 5.98. The van der Waals surface area contributed by atoms with E-state index in [1.54, 1.807) is 6.07 Å². The minimum Gasteiger partial charge on any atom is -0.490 e. The van der Waals surface area contributed by atoms with Crippen molar-refractivity contribution < 1.29 is 9.13 Å². The minimum atomic E-state index is -0.274. The summed E-state index contributed by atoms with van der Waals surface area (Å²) in [5.41, 5.74) is 0.874. The average molecular weight is 239 g/mol. The van der Waals surface area contributed by atoms with Crippen molar-refractivity contribution in [3.8, 4) is 5.75 Å². The lowest BCUT2D eigenvalue weighted by atomic mass is 10.1. The predicted octanol–water partition coefficient (Wildman–Crippen LogP) is 3.36. The molecule has 0 aromatic heterocycles. The minimum absolute atomic E-state index is 0.274. The van der Waals surface area contributed by atoms with E-state index in [4.69, 9.17) is 4.74 Å². The fourth-order valence-corrected chi connectivity index (χ4v) is 1.77. The van der Waals surface area contributed by atoms with Crippen LogP contribution >= 0.6 is 0 Å². The van der Waals surface area contributed by atoms with Gasteiger partial charge in [-0.25, -0.2) is 4.39 Å². The molecule has 0 unspecified atom stereocenters. The van der Waals surface area contributed by atoms with Gasteiger partial charge in [-0.1, -0.05) is 38.8 Å². The summed E-state index contributed by atoms with van der Waals surface area (Å²) in [5, 5.41) is 3.02. The molecule has 0 aliphatic rings. The molecule has 0 fully saturated rings. The maximum Gasteiger partial charge on any atom is 0.165 e. The monoisotopic (exact) mass is 239 g/mol. The van der Waals surface area contributed by atoms with Gasteiger partial charge in [-0.15, -0.1) is 0 Å². The van der Waals surface area contributed by atoms with Gasteiger partial charge in [-0.3, -0.25) is 0 Å². The Morgan fingerprint density at radius 3 is 2.59 bits per heavy atom. The van der Waals surface area contributed by atoms with Gasteiger partial charge in [0.25, 0.3) is 0 Å². The zero-order valence-electron chi connectivity index (χ0n) is 10.9. The van der Waals surface area contributed by atoms with E-state index in [-0.39, 0.29) is 5.82 Å². The van der Waals surface area contributed by atoms with Crippen LogP contribution in [0.2, 0.25) is 0 Å². The first kappa shape index (κ1) is 14.0. The van der Waals surface area contributed by atoms with Crippen LogP contribution in [-0.2, 0) is 6.54 Å². The van der Waals surface area contributed by atoms with E-state index in [1.807, 2.05) is 13.1 Å². The second-order valence-electron chi connectivity index (χ2n) is 4.25. The molecule has 96 valence electrons. The van der Waals surface area contributed by atoms with Gasteiger partial charge in [-0.05, 0) is 19.0 Å². The van der Waals surface area contributed by atoms with Crippen LogP contribution in [0.4, 0.5) is 4.39 Å². The van der Waals surface area contributed by atoms with Crippen molar-refractivity contribution in [2.24, 2.45) is 5.92 Å². The number of hydrogen-bond donors (Lipinski definition) is 1. The largest absolute Gasteiger partial charge is 0.490 e. The van der Waals surface area contributed by atoms with E-state index in [9.17, 15) is 4.39 Å². The van der Waals surface area contributed by atoms with Crippen molar-refractivity contribution in [3.05, 3.63) is 29.6 Å². The molecule has 0 aliphatic heterocycles. The Bertz CT molecular complexity index is 337. The highest BCUT2D eigenvalue weighted by molar-refractivity contribution is 5.34. The second kappa shape index (κ2) is 7.28. The quantitative estimate of drug-likeness (QED) is 0.787. The number of ether oxygens (including phenoxy) is 1. The van der Waals surface area contributed by atoms with Gasteiger partial charge in [-0.2, -0.15) is 0 Å². The zero-order valence-corrected chi connectivity index (χ0v) is 10.9. The molecule has 0 amide bonds. The van der Waals surface area contributed by atoms with Crippen molar-refractivity contribution >= 4 is 0 Å². The standard InChI is InChI=1S/C14H22FNO/c1-4-11(5-2)10-17-14-12(9-16-3)7-6-8-13(14)15/h6-8,11,16H,4-5,9-10H2,1-3H3. The van der Waals surface area contributed by atoms with Crippen LogP contribution in [0.15, 0.2) is 18.2 Å². The van der Waals surface area contributed by atoms with Crippen molar-refractivity contribution in [2.45, 2.75) is 33.2 Å². The molecule has 0 radical (unpaired) electrons. The first-order valence-corrected chi connectivity index (χ1v) is 6.27. The molecule has 1 rings (SSSR count). The van der Waals surface area contributed by atoms with E-state index in [0.29, 0.717) is 24.8 Å². The molecule has 1 N–H and O–H groups in total. The predicted molar refractivity (Wildman–Crippen MR) is 68.7 cm³/mol. The van der Waals surface area contributed by atoms with Crippen LogP contribution in [0.1, 0.15) is 32.3 Å².